The van der Waals surface area contributed by atoms with Gasteiger partial charge in [0.05, 0.1) is 16.8 Å². The van der Waals surface area contributed by atoms with Gasteiger partial charge in [0.1, 0.15) is 5.75 Å². The van der Waals surface area contributed by atoms with E-state index in [0.29, 0.717) is 0 Å². The molecule has 0 radical (unpaired) electrons. The number of para-hydroxylation sites is 1. The van der Waals surface area contributed by atoms with E-state index in [-0.39, 0.29) is 18.2 Å². The van der Waals surface area contributed by atoms with Crippen LogP contribution in [0.4, 0.5) is 0 Å². The van der Waals surface area contributed by atoms with Crippen molar-refractivity contribution in [2.24, 2.45) is 0 Å². The Morgan fingerprint density at radius 1 is 1.10 bits per heavy atom. The molecular formula is C17H24N2OS. The van der Waals surface area contributed by atoms with Gasteiger partial charge < -0.3 is 10.1 Å². The fourth-order valence-electron chi connectivity index (χ4n) is 2.33. The summed E-state index contributed by atoms with van der Waals surface area (Å²) in [5.41, 5.74) is 2.29. The summed E-state index contributed by atoms with van der Waals surface area (Å²) in [6.45, 7) is 10.5. The van der Waals surface area contributed by atoms with Crippen molar-refractivity contribution in [3.8, 4) is 5.75 Å². The second-order valence-corrected chi connectivity index (χ2v) is 6.67. The Balaban J connectivity index is 2.11. The van der Waals surface area contributed by atoms with E-state index in [1.54, 1.807) is 11.3 Å². The van der Waals surface area contributed by atoms with Gasteiger partial charge >= 0.3 is 0 Å². The van der Waals surface area contributed by atoms with Crippen molar-refractivity contribution in [1.29, 1.82) is 0 Å². The molecule has 1 N–H and O–H groups in total. The van der Waals surface area contributed by atoms with Crippen LogP contribution in [0, 0.1) is 6.92 Å². The van der Waals surface area contributed by atoms with Crippen LogP contribution in [0.3, 0.4) is 0 Å². The number of aromatic nitrogens is 1. The lowest BCUT2D eigenvalue weighted by molar-refractivity contribution is 0.237. The van der Waals surface area contributed by atoms with E-state index in [2.05, 4.69) is 55.5 Å². The summed E-state index contributed by atoms with van der Waals surface area (Å²) in [6.07, 6.45) is 0.178. The van der Waals surface area contributed by atoms with Crippen LogP contribution in [0.1, 0.15) is 56.0 Å². The van der Waals surface area contributed by atoms with E-state index in [1.165, 1.54) is 5.56 Å². The molecule has 0 aliphatic rings. The van der Waals surface area contributed by atoms with E-state index >= 15 is 0 Å². The molecule has 114 valence electrons. The molecular weight excluding hydrogens is 280 g/mol. The first-order valence-corrected chi connectivity index (χ1v) is 8.29. The minimum atomic E-state index is 0.178. The van der Waals surface area contributed by atoms with Gasteiger partial charge in [-0.25, -0.2) is 4.98 Å². The molecule has 0 spiro atoms. The predicted octanol–water partition coefficient (Wildman–Crippen LogP) is 4.65. The summed E-state index contributed by atoms with van der Waals surface area (Å²) in [5, 5.41) is 6.83. The zero-order chi connectivity index (χ0) is 15.4. The monoisotopic (exact) mass is 304 g/mol. The lowest BCUT2D eigenvalue weighted by atomic mass is 10.1. The number of thiazole rings is 1. The van der Waals surface area contributed by atoms with Gasteiger partial charge in [0.2, 0.25) is 0 Å². The fourth-order valence-corrected chi connectivity index (χ4v) is 3.03. The molecule has 1 aromatic heterocycles. The molecule has 0 aliphatic heterocycles. The smallest absolute Gasteiger partial charge is 0.124 e. The van der Waals surface area contributed by atoms with Gasteiger partial charge in [-0.05, 0) is 40.7 Å². The molecule has 21 heavy (non-hydrogen) atoms. The number of nitrogens with zero attached hydrogens (tertiary/aromatic N) is 1. The molecule has 4 heteroatoms. The maximum atomic E-state index is 5.90. The number of nitrogens with one attached hydrogen (secondary N) is 1. The van der Waals surface area contributed by atoms with Crippen molar-refractivity contribution >= 4 is 11.3 Å². The normalized spacial score (nSPS) is 14.2. The highest BCUT2D eigenvalue weighted by Crippen LogP contribution is 2.28. The molecule has 1 aromatic carbocycles. The van der Waals surface area contributed by atoms with Gasteiger partial charge in [-0.1, -0.05) is 18.2 Å². The van der Waals surface area contributed by atoms with Crippen LogP contribution < -0.4 is 10.1 Å². The zero-order valence-electron chi connectivity index (χ0n) is 13.4. The molecule has 2 atom stereocenters. The second kappa shape index (κ2) is 7.05. The Morgan fingerprint density at radius 3 is 2.43 bits per heavy atom. The van der Waals surface area contributed by atoms with Crippen LogP contribution in [0.15, 0.2) is 29.6 Å². The van der Waals surface area contributed by atoms with Gasteiger partial charge in [-0.2, -0.15) is 0 Å². The van der Waals surface area contributed by atoms with E-state index in [0.717, 1.165) is 16.5 Å². The number of hydrogen-bond acceptors (Lipinski definition) is 4. The van der Waals surface area contributed by atoms with Crippen molar-refractivity contribution in [3.05, 3.63) is 45.9 Å². The second-order valence-electron chi connectivity index (χ2n) is 5.61. The van der Waals surface area contributed by atoms with Gasteiger partial charge in [0.15, 0.2) is 0 Å². The largest absolute Gasteiger partial charge is 0.491 e. The van der Waals surface area contributed by atoms with Crippen LogP contribution in [0.25, 0.3) is 0 Å². The summed E-state index contributed by atoms with van der Waals surface area (Å²) in [4.78, 5) is 4.55. The predicted molar refractivity (Wildman–Crippen MR) is 89.0 cm³/mol. The standard InChI is InChI=1S/C17H24N2OS/c1-11(2)20-17-9-7-6-8-15(17)12(3)18-13(4)16-10-21-14(5)19-16/h6-13,18H,1-5H3. The summed E-state index contributed by atoms with van der Waals surface area (Å²) >= 11 is 1.69. The third-order valence-corrected chi connectivity index (χ3v) is 4.12. The minimum absolute atomic E-state index is 0.178. The van der Waals surface area contributed by atoms with E-state index in [1.807, 2.05) is 19.1 Å². The summed E-state index contributed by atoms with van der Waals surface area (Å²) < 4.78 is 5.90. The van der Waals surface area contributed by atoms with Gasteiger partial charge in [0.25, 0.3) is 0 Å². The minimum Gasteiger partial charge on any atom is -0.491 e. The first-order valence-electron chi connectivity index (χ1n) is 7.41. The highest BCUT2D eigenvalue weighted by Gasteiger charge is 2.16. The van der Waals surface area contributed by atoms with E-state index < -0.39 is 0 Å². The Hall–Kier alpha value is -1.39. The molecule has 2 aromatic rings. The molecule has 0 saturated heterocycles. The molecule has 0 saturated carbocycles. The van der Waals surface area contributed by atoms with Crippen molar-refractivity contribution in [1.82, 2.24) is 10.3 Å². The highest BCUT2D eigenvalue weighted by molar-refractivity contribution is 7.09. The van der Waals surface area contributed by atoms with Crippen LogP contribution in [0.2, 0.25) is 0 Å². The van der Waals surface area contributed by atoms with Crippen molar-refractivity contribution in [2.75, 3.05) is 0 Å². The SMILES string of the molecule is Cc1nc(C(C)NC(C)c2ccccc2OC(C)C)cs1. The maximum Gasteiger partial charge on any atom is 0.124 e. The molecule has 1 heterocycles. The third-order valence-electron chi connectivity index (χ3n) is 3.33. The van der Waals surface area contributed by atoms with Gasteiger partial charge in [-0.15, -0.1) is 11.3 Å². The van der Waals surface area contributed by atoms with E-state index in [9.17, 15) is 0 Å². The first kappa shape index (κ1) is 16.0. The fraction of sp³-hybridized carbons (Fsp3) is 0.471. The number of benzene rings is 1. The van der Waals surface area contributed by atoms with Crippen LogP contribution in [-0.4, -0.2) is 11.1 Å². The van der Waals surface area contributed by atoms with E-state index in [4.69, 9.17) is 4.74 Å². The number of hydrogen-bond donors (Lipinski definition) is 1. The molecule has 0 fully saturated rings. The van der Waals surface area contributed by atoms with Crippen LogP contribution >= 0.6 is 11.3 Å². The average molecular weight is 304 g/mol. The summed E-state index contributed by atoms with van der Waals surface area (Å²) in [5.74, 6) is 0.953. The summed E-state index contributed by atoms with van der Waals surface area (Å²) in [6, 6.07) is 8.65. The van der Waals surface area contributed by atoms with Crippen LogP contribution in [-0.2, 0) is 0 Å². The zero-order valence-corrected chi connectivity index (χ0v) is 14.2. The van der Waals surface area contributed by atoms with Crippen molar-refractivity contribution < 1.29 is 4.74 Å². The Labute approximate surface area is 131 Å². The molecule has 2 unspecified atom stereocenters. The lowest BCUT2D eigenvalue weighted by Gasteiger charge is -2.22. The van der Waals surface area contributed by atoms with Crippen molar-refractivity contribution in [3.63, 3.8) is 0 Å². The summed E-state index contributed by atoms with van der Waals surface area (Å²) in [7, 11) is 0. The van der Waals surface area contributed by atoms with Gasteiger partial charge in [0, 0.05) is 23.0 Å². The molecule has 0 bridgehead atoms. The lowest BCUT2D eigenvalue weighted by Crippen LogP contribution is -2.23. The topological polar surface area (TPSA) is 34.2 Å². The molecule has 3 nitrogen and oxygen atoms in total. The van der Waals surface area contributed by atoms with Crippen molar-refractivity contribution in [2.45, 2.75) is 52.8 Å². The number of ether oxygens (including phenoxy) is 1. The molecule has 2 rings (SSSR count). The van der Waals surface area contributed by atoms with Gasteiger partial charge in [-0.3, -0.25) is 0 Å². The Morgan fingerprint density at radius 2 is 1.81 bits per heavy atom. The Bertz CT molecular complexity index is 580. The highest BCUT2D eigenvalue weighted by atomic mass is 32.1. The molecule has 0 aliphatic carbocycles. The first-order chi connectivity index (χ1) is 9.97. The Kier molecular flexibility index (Phi) is 5.37. The number of rotatable bonds is 6. The van der Waals surface area contributed by atoms with Crippen LogP contribution in [0.5, 0.6) is 5.75 Å². The molecule has 0 amide bonds. The number of aryl methyl sites for hydroxylation is 1. The third kappa shape index (κ3) is 4.29. The quantitative estimate of drug-likeness (QED) is 0.843. The maximum absolute atomic E-state index is 5.90. The average Bonchev–Trinajstić information content (AvgIpc) is 2.85.